The second kappa shape index (κ2) is 16.0. The number of halogens is 1. The lowest BCUT2D eigenvalue weighted by Crippen LogP contribution is -2.54. The van der Waals surface area contributed by atoms with Gasteiger partial charge in [-0.25, -0.2) is 4.39 Å². The Bertz CT molecular complexity index is 1430. The predicted molar refractivity (Wildman–Crippen MR) is 173 cm³/mol. The first-order valence-corrected chi connectivity index (χ1v) is 16.3. The highest BCUT2D eigenvalue weighted by Crippen LogP contribution is 2.34. The molecule has 2 aromatic rings. The van der Waals surface area contributed by atoms with Crippen molar-refractivity contribution in [2.24, 2.45) is 18.9 Å². The van der Waals surface area contributed by atoms with Gasteiger partial charge in [-0.15, -0.1) is 0 Å². The molecule has 12 heteroatoms. The molecule has 2 aliphatic rings. The van der Waals surface area contributed by atoms with Crippen LogP contribution in [0.1, 0.15) is 78.4 Å². The smallest absolute Gasteiger partial charge is 0.267 e. The van der Waals surface area contributed by atoms with Crippen molar-refractivity contribution >= 4 is 35.1 Å². The maximum atomic E-state index is 15.5. The van der Waals surface area contributed by atoms with Crippen LogP contribution in [0.5, 0.6) is 0 Å². The molecule has 1 aromatic heterocycles. The van der Waals surface area contributed by atoms with E-state index in [2.05, 4.69) is 20.9 Å². The number of aromatic nitrogens is 1. The molecule has 1 aliphatic heterocycles. The summed E-state index contributed by atoms with van der Waals surface area (Å²) < 4.78 is 17.0. The van der Waals surface area contributed by atoms with E-state index in [0.29, 0.717) is 30.0 Å². The van der Waals surface area contributed by atoms with E-state index in [-0.39, 0.29) is 54.4 Å². The molecule has 0 radical (unpaired) electrons. The van der Waals surface area contributed by atoms with Gasteiger partial charge in [-0.2, -0.15) is 0 Å². The minimum atomic E-state index is -0.834. The van der Waals surface area contributed by atoms with E-state index < -0.39 is 23.7 Å². The van der Waals surface area contributed by atoms with Crippen molar-refractivity contribution in [1.82, 2.24) is 25.0 Å². The lowest BCUT2D eigenvalue weighted by Gasteiger charge is -2.34. The number of carbonyl (C=O) groups excluding carboxylic acids is 5. The van der Waals surface area contributed by atoms with E-state index >= 15 is 4.39 Å². The summed E-state index contributed by atoms with van der Waals surface area (Å²) >= 11 is 0. The van der Waals surface area contributed by atoms with Gasteiger partial charge in [0.25, 0.3) is 5.91 Å². The van der Waals surface area contributed by atoms with Gasteiger partial charge in [0.1, 0.15) is 17.6 Å². The first-order valence-electron chi connectivity index (χ1n) is 16.3. The van der Waals surface area contributed by atoms with Crippen LogP contribution in [0, 0.1) is 17.7 Å². The van der Waals surface area contributed by atoms with Gasteiger partial charge < -0.3 is 30.3 Å². The molecule has 0 unspecified atom stereocenters. The topological polar surface area (TPSA) is 133 Å². The standard InChI is InChI=1S/C34H47FN6O5/c1-5-31(43)37-27(34(46)41-17-15-39(3)16-18-41)20-22-11-12-26(25(35)19-22)38-32(44)24(23-9-7-6-8-10-23)21-30(42)28-13-14-29(40(28)4)33(45)36-2/h11-14,19,23-24,27H,5-10,15-18,20-21H2,1-4H3,(H,36,45)(H,37,43)(H,38,44)/t24-,27+/m0/s1. The van der Waals surface area contributed by atoms with Crippen LogP contribution in [0.15, 0.2) is 30.3 Å². The Morgan fingerprint density at radius 3 is 2.24 bits per heavy atom. The second-order valence-electron chi connectivity index (χ2n) is 12.5. The van der Waals surface area contributed by atoms with Gasteiger partial charge in [-0.3, -0.25) is 24.0 Å². The first-order chi connectivity index (χ1) is 22.0. The highest BCUT2D eigenvalue weighted by Gasteiger charge is 2.33. The molecule has 1 aliphatic carbocycles. The van der Waals surface area contributed by atoms with Crippen molar-refractivity contribution in [2.75, 3.05) is 45.6 Å². The van der Waals surface area contributed by atoms with Crippen molar-refractivity contribution in [3.63, 3.8) is 0 Å². The Balaban J connectivity index is 1.49. The molecule has 1 aromatic carbocycles. The Morgan fingerprint density at radius 1 is 0.935 bits per heavy atom. The zero-order valence-electron chi connectivity index (χ0n) is 27.4. The first kappa shape index (κ1) is 34.8. The number of amides is 4. The van der Waals surface area contributed by atoms with E-state index in [1.165, 1.54) is 23.7 Å². The Hall–Kier alpha value is -4.06. The predicted octanol–water partition coefficient (Wildman–Crippen LogP) is 3.14. The molecule has 1 saturated carbocycles. The van der Waals surface area contributed by atoms with Crippen LogP contribution in [0.2, 0.25) is 0 Å². The third kappa shape index (κ3) is 8.60. The van der Waals surface area contributed by atoms with Crippen LogP contribution in [-0.4, -0.2) is 90.1 Å². The number of anilines is 1. The van der Waals surface area contributed by atoms with Crippen LogP contribution in [-0.2, 0) is 27.9 Å². The number of Topliss-reactive ketones (excluding diaryl/α,β-unsaturated/α-hetero) is 1. The number of likely N-dealkylation sites (N-methyl/N-ethyl adjacent to an activating group) is 1. The Morgan fingerprint density at radius 2 is 1.61 bits per heavy atom. The number of nitrogens with zero attached hydrogens (tertiary/aromatic N) is 3. The Kier molecular flexibility index (Phi) is 12.1. The van der Waals surface area contributed by atoms with Gasteiger partial charge in [0.15, 0.2) is 5.78 Å². The molecule has 4 amide bonds. The lowest BCUT2D eigenvalue weighted by molar-refractivity contribution is -0.137. The number of hydrogen-bond acceptors (Lipinski definition) is 6. The number of nitrogens with one attached hydrogen (secondary N) is 3. The fourth-order valence-electron chi connectivity index (χ4n) is 6.45. The highest BCUT2D eigenvalue weighted by molar-refractivity contribution is 6.02. The van der Waals surface area contributed by atoms with Crippen LogP contribution in [0.25, 0.3) is 0 Å². The summed E-state index contributed by atoms with van der Waals surface area (Å²) in [6.45, 7) is 4.28. The quantitative estimate of drug-likeness (QED) is 0.306. The van der Waals surface area contributed by atoms with Gasteiger partial charge in [0.2, 0.25) is 17.7 Å². The summed E-state index contributed by atoms with van der Waals surface area (Å²) in [5.74, 6) is -2.82. The molecular weight excluding hydrogens is 591 g/mol. The van der Waals surface area contributed by atoms with E-state index in [1.807, 2.05) is 7.05 Å². The molecule has 1 saturated heterocycles. The zero-order valence-corrected chi connectivity index (χ0v) is 27.4. The fourth-order valence-corrected chi connectivity index (χ4v) is 6.45. The Labute approximate surface area is 270 Å². The molecule has 2 atom stereocenters. The highest BCUT2D eigenvalue weighted by atomic mass is 19.1. The molecule has 2 heterocycles. The number of benzene rings is 1. The van der Waals surface area contributed by atoms with Crippen molar-refractivity contribution in [1.29, 1.82) is 0 Å². The third-order valence-corrected chi connectivity index (χ3v) is 9.33. The van der Waals surface area contributed by atoms with Gasteiger partial charge in [0, 0.05) is 65.5 Å². The molecule has 0 spiro atoms. The molecule has 11 nitrogen and oxygen atoms in total. The second-order valence-corrected chi connectivity index (χ2v) is 12.5. The average molecular weight is 639 g/mol. The van der Waals surface area contributed by atoms with Crippen molar-refractivity contribution < 1.29 is 28.4 Å². The number of rotatable bonds is 12. The van der Waals surface area contributed by atoms with Crippen molar-refractivity contribution in [2.45, 2.75) is 64.3 Å². The summed E-state index contributed by atoms with van der Waals surface area (Å²) in [6, 6.07) is 6.73. The van der Waals surface area contributed by atoms with E-state index in [9.17, 15) is 24.0 Å². The molecule has 0 bridgehead atoms. The lowest BCUT2D eigenvalue weighted by atomic mass is 9.77. The maximum absolute atomic E-state index is 15.5. The molecule has 250 valence electrons. The van der Waals surface area contributed by atoms with Crippen LogP contribution in [0.3, 0.4) is 0 Å². The summed E-state index contributed by atoms with van der Waals surface area (Å²) in [6.07, 6.45) is 4.85. The van der Waals surface area contributed by atoms with Crippen LogP contribution < -0.4 is 16.0 Å². The number of hydrogen-bond donors (Lipinski definition) is 3. The SMILES string of the molecule is CCC(=O)N[C@H](Cc1ccc(NC(=O)[C@@H](CC(=O)c2ccc(C(=O)NC)n2C)C2CCCCC2)c(F)c1)C(=O)N1CCN(C)CC1. The third-order valence-electron chi connectivity index (χ3n) is 9.33. The normalized spacial score (nSPS) is 17.2. The van der Waals surface area contributed by atoms with Crippen LogP contribution in [0.4, 0.5) is 10.1 Å². The van der Waals surface area contributed by atoms with Gasteiger partial charge in [-0.05, 0) is 55.6 Å². The summed E-state index contributed by atoms with van der Waals surface area (Å²) in [5.41, 5.74) is 1.17. The molecular formula is C34H47FN6O5. The van der Waals surface area contributed by atoms with Gasteiger partial charge >= 0.3 is 0 Å². The maximum Gasteiger partial charge on any atom is 0.267 e. The number of carbonyl (C=O) groups is 5. The summed E-state index contributed by atoms with van der Waals surface area (Å²) in [4.78, 5) is 68.7. The van der Waals surface area contributed by atoms with Gasteiger partial charge in [0.05, 0.1) is 11.4 Å². The van der Waals surface area contributed by atoms with Gasteiger partial charge in [-0.1, -0.05) is 32.3 Å². The number of ketones is 1. The van der Waals surface area contributed by atoms with E-state index in [4.69, 9.17) is 0 Å². The molecule has 3 N–H and O–H groups in total. The monoisotopic (exact) mass is 638 g/mol. The van der Waals surface area contributed by atoms with E-state index in [1.54, 1.807) is 37.1 Å². The summed E-state index contributed by atoms with van der Waals surface area (Å²) in [5, 5.41) is 8.08. The number of piperazine rings is 1. The molecule has 2 fully saturated rings. The van der Waals surface area contributed by atoms with E-state index in [0.717, 1.165) is 45.2 Å². The fraction of sp³-hybridized carbons (Fsp3) is 0.559. The summed E-state index contributed by atoms with van der Waals surface area (Å²) in [7, 11) is 5.15. The van der Waals surface area contributed by atoms with Crippen molar-refractivity contribution in [3.05, 3.63) is 53.1 Å². The largest absolute Gasteiger partial charge is 0.354 e. The minimum absolute atomic E-state index is 0.0117. The molecule has 4 rings (SSSR count). The average Bonchev–Trinajstić information content (AvgIpc) is 3.45. The minimum Gasteiger partial charge on any atom is -0.354 e. The zero-order chi connectivity index (χ0) is 33.4. The van der Waals surface area contributed by atoms with Crippen LogP contribution >= 0.6 is 0 Å². The van der Waals surface area contributed by atoms with Crippen molar-refractivity contribution in [3.8, 4) is 0 Å². The molecule has 46 heavy (non-hydrogen) atoms.